The highest BCUT2D eigenvalue weighted by atomic mass is 16.5. The van der Waals surface area contributed by atoms with E-state index in [0.29, 0.717) is 6.61 Å². The Labute approximate surface area is 93.8 Å². The molecule has 0 amide bonds. The van der Waals surface area contributed by atoms with Gasteiger partial charge in [-0.2, -0.15) is 0 Å². The van der Waals surface area contributed by atoms with Crippen LogP contribution in [-0.4, -0.2) is 39.0 Å². The lowest BCUT2D eigenvalue weighted by molar-refractivity contribution is 0.0155. The van der Waals surface area contributed by atoms with Crippen LogP contribution in [0.3, 0.4) is 0 Å². The largest absolute Gasteiger partial charge is 0.379 e. The molecule has 0 unspecified atom stereocenters. The van der Waals surface area contributed by atoms with E-state index in [1.165, 1.54) is 0 Å². The van der Waals surface area contributed by atoms with Crippen LogP contribution in [0.15, 0.2) is 12.2 Å². The summed E-state index contributed by atoms with van der Waals surface area (Å²) in [7, 11) is 1.75. The van der Waals surface area contributed by atoms with Gasteiger partial charge in [0.2, 0.25) is 0 Å². The number of methoxy groups -OCH3 is 1. The van der Waals surface area contributed by atoms with Crippen LogP contribution < -0.4 is 5.32 Å². The Balaban J connectivity index is 3.22. The molecule has 0 atom stereocenters. The van der Waals surface area contributed by atoms with E-state index >= 15 is 0 Å². The van der Waals surface area contributed by atoms with Crippen LogP contribution in [0.25, 0.3) is 0 Å². The summed E-state index contributed by atoms with van der Waals surface area (Å²) in [6.07, 6.45) is 1.00. The molecular weight excluding hydrogens is 190 g/mol. The molecule has 15 heavy (non-hydrogen) atoms. The fourth-order valence-electron chi connectivity index (χ4n) is 1.01. The van der Waals surface area contributed by atoms with E-state index in [0.717, 1.165) is 31.7 Å². The normalized spacial score (nSPS) is 11.7. The Bertz CT molecular complexity index is 178. The second-order valence-electron chi connectivity index (χ2n) is 4.47. The second kappa shape index (κ2) is 7.85. The summed E-state index contributed by atoms with van der Waals surface area (Å²) in [6.45, 7) is 13.1. The van der Waals surface area contributed by atoms with Crippen molar-refractivity contribution in [1.82, 2.24) is 5.32 Å². The van der Waals surface area contributed by atoms with Crippen molar-refractivity contribution in [2.75, 3.05) is 33.4 Å². The van der Waals surface area contributed by atoms with Gasteiger partial charge in [0.05, 0.1) is 18.8 Å². The lowest BCUT2D eigenvalue weighted by Crippen LogP contribution is -2.30. The molecule has 0 rings (SSSR count). The first-order chi connectivity index (χ1) is 6.98. The molecule has 0 aromatic heterocycles. The Morgan fingerprint density at radius 1 is 1.33 bits per heavy atom. The van der Waals surface area contributed by atoms with E-state index in [4.69, 9.17) is 9.47 Å². The maximum Gasteiger partial charge on any atom is 0.0672 e. The van der Waals surface area contributed by atoms with Crippen LogP contribution in [0.2, 0.25) is 0 Å². The molecule has 0 saturated heterocycles. The first-order valence-electron chi connectivity index (χ1n) is 5.46. The summed E-state index contributed by atoms with van der Waals surface area (Å²) in [5.74, 6) is 0. The number of ether oxygens (including phenoxy) is 2. The van der Waals surface area contributed by atoms with E-state index < -0.39 is 0 Å². The third-order valence-corrected chi connectivity index (χ3v) is 2.23. The van der Waals surface area contributed by atoms with Crippen molar-refractivity contribution in [2.45, 2.75) is 32.8 Å². The molecule has 3 nitrogen and oxygen atoms in total. The van der Waals surface area contributed by atoms with Crippen LogP contribution in [0.1, 0.15) is 27.2 Å². The van der Waals surface area contributed by atoms with Gasteiger partial charge in [-0.1, -0.05) is 12.2 Å². The van der Waals surface area contributed by atoms with Crippen LogP contribution in [0.5, 0.6) is 0 Å². The molecular formula is C12H25NO2. The van der Waals surface area contributed by atoms with Gasteiger partial charge in [0.15, 0.2) is 0 Å². The maximum absolute atomic E-state index is 5.36. The molecule has 0 aliphatic heterocycles. The van der Waals surface area contributed by atoms with Crippen molar-refractivity contribution in [3.63, 3.8) is 0 Å². The minimum absolute atomic E-state index is 0.0361. The van der Waals surface area contributed by atoms with Gasteiger partial charge in [-0.3, -0.25) is 0 Å². The number of hydrogen-bond acceptors (Lipinski definition) is 3. The van der Waals surface area contributed by atoms with Crippen molar-refractivity contribution in [3.05, 3.63) is 12.2 Å². The Kier molecular flexibility index (Phi) is 7.65. The first-order valence-corrected chi connectivity index (χ1v) is 5.46. The zero-order valence-electron chi connectivity index (χ0n) is 10.6. The molecule has 0 aromatic carbocycles. The molecule has 0 aromatic rings. The average molecular weight is 215 g/mol. The van der Waals surface area contributed by atoms with Gasteiger partial charge in [-0.25, -0.2) is 0 Å². The molecule has 0 heterocycles. The summed E-state index contributed by atoms with van der Waals surface area (Å²) in [5.41, 5.74) is 1.03. The minimum Gasteiger partial charge on any atom is -0.379 e. The summed E-state index contributed by atoms with van der Waals surface area (Å²) in [4.78, 5) is 0. The van der Waals surface area contributed by atoms with E-state index in [2.05, 4.69) is 25.7 Å². The van der Waals surface area contributed by atoms with E-state index in [-0.39, 0.29) is 5.60 Å². The smallest absolute Gasteiger partial charge is 0.0672 e. The molecule has 0 spiro atoms. The Morgan fingerprint density at radius 2 is 2.00 bits per heavy atom. The van der Waals surface area contributed by atoms with E-state index in [9.17, 15) is 0 Å². The molecule has 0 radical (unpaired) electrons. The molecule has 0 saturated carbocycles. The molecule has 90 valence electrons. The average Bonchev–Trinajstić information content (AvgIpc) is 2.16. The van der Waals surface area contributed by atoms with Gasteiger partial charge < -0.3 is 14.8 Å². The predicted octanol–water partition coefficient (Wildman–Crippen LogP) is 1.98. The Morgan fingerprint density at radius 3 is 2.53 bits per heavy atom. The van der Waals surface area contributed by atoms with Crippen LogP contribution in [0, 0.1) is 0 Å². The number of hydrogen-bond donors (Lipinski definition) is 1. The SMILES string of the molecule is C=C(C)COCCNCCC(C)(C)OC. The maximum atomic E-state index is 5.36. The molecule has 0 aliphatic carbocycles. The van der Waals surface area contributed by atoms with Crippen molar-refractivity contribution in [2.24, 2.45) is 0 Å². The fraction of sp³-hybridized carbons (Fsp3) is 0.833. The zero-order valence-corrected chi connectivity index (χ0v) is 10.6. The van der Waals surface area contributed by atoms with Crippen molar-refractivity contribution < 1.29 is 9.47 Å². The highest BCUT2D eigenvalue weighted by Gasteiger charge is 2.14. The molecule has 1 N–H and O–H groups in total. The van der Waals surface area contributed by atoms with Crippen molar-refractivity contribution in [3.8, 4) is 0 Å². The third-order valence-electron chi connectivity index (χ3n) is 2.23. The van der Waals surface area contributed by atoms with Gasteiger partial charge in [0.1, 0.15) is 0 Å². The molecule has 3 heteroatoms. The second-order valence-corrected chi connectivity index (χ2v) is 4.47. The Hall–Kier alpha value is -0.380. The standard InChI is InChI=1S/C12H25NO2/c1-11(2)10-15-9-8-13-7-6-12(3,4)14-5/h13H,1,6-10H2,2-5H3. The predicted molar refractivity (Wildman–Crippen MR) is 64.2 cm³/mol. The molecule has 0 aliphatic rings. The minimum atomic E-state index is -0.0361. The van der Waals surface area contributed by atoms with Gasteiger partial charge in [0.25, 0.3) is 0 Å². The van der Waals surface area contributed by atoms with Crippen LogP contribution >= 0.6 is 0 Å². The highest BCUT2D eigenvalue weighted by molar-refractivity contribution is 4.87. The number of nitrogens with one attached hydrogen (secondary N) is 1. The molecule has 0 fully saturated rings. The highest BCUT2D eigenvalue weighted by Crippen LogP contribution is 2.10. The summed E-state index contributed by atoms with van der Waals surface area (Å²) >= 11 is 0. The van der Waals surface area contributed by atoms with Gasteiger partial charge in [0, 0.05) is 13.7 Å². The fourth-order valence-corrected chi connectivity index (χ4v) is 1.01. The zero-order chi connectivity index (χ0) is 11.7. The number of rotatable bonds is 9. The quantitative estimate of drug-likeness (QED) is 0.471. The monoisotopic (exact) mass is 215 g/mol. The van der Waals surface area contributed by atoms with Gasteiger partial charge in [-0.15, -0.1) is 0 Å². The lowest BCUT2D eigenvalue weighted by atomic mass is 10.1. The van der Waals surface area contributed by atoms with Crippen molar-refractivity contribution >= 4 is 0 Å². The lowest BCUT2D eigenvalue weighted by Gasteiger charge is -2.22. The van der Waals surface area contributed by atoms with Crippen LogP contribution in [0.4, 0.5) is 0 Å². The van der Waals surface area contributed by atoms with E-state index in [1.807, 2.05) is 6.92 Å². The van der Waals surface area contributed by atoms with Gasteiger partial charge >= 0.3 is 0 Å². The summed E-state index contributed by atoms with van der Waals surface area (Å²) < 4.78 is 10.7. The summed E-state index contributed by atoms with van der Waals surface area (Å²) in [6, 6.07) is 0. The van der Waals surface area contributed by atoms with E-state index in [1.54, 1.807) is 7.11 Å². The third kappa shape index (κ3) is 9.91. The van der Waals surface area contributed by atoms with Crippen molar-refractivity contribution in [1.29, 1.82) is 0 Å². The summed E-state index contributed by atoms with van der Waals surface area (Å²) in [5, 5.41) is 3.31. The van der Waals surface area contributed by atoms with Crippen LogP contribution in [-0.2, 0) is 9.47 Å². The van der Waals surface area contributed by atoms with Gasteiger partial charge in [-0.05, 0) is 33.7 Å². The topological polar surface area (TPSA) is 30.5 Å². The first kappa shape index (κ1) is 14.6. The molecule has 0 bridgehead atoms.